The smallest absolute Gasteiger partial charge is 0.410 e. The number of piperidine rings is 1. The van der Waals surface area contributed by atoms with E-state index in [0.29, 0.717) is 23.7 Å². The largest absolute Gasteiger partial charge is 0.444 e. The fraction of sp³-hybridized carbons (Fsp3) is 0.600. The van der Waals surface area contributed by atoms with Crippen molar-refractivity contribution in [3.05, 3.63) is 14.7 Å². The number of nitrogen functional groups attached to an aromatic ring is 1. The predicted octanol–water partition coefficient (Wildman–Crippen LogP) is 3.22. The third kappa shape index (κ3) is 5.10. The molecule has 0 spiro atoms. The van der Waals surface area contributed by atoms with Gasteiger partial charge in [-0.25, -0.2) is 4.79 Å². The molecule has 0 saturated carbocycles. The fourth-order valence-electron chi connectivity index (χ4n) is 2.39. The van der Waals surface area contributed by atoms with Crippen LogP contribution in [0.3, 0.4) is 0 Å². The number of nitrogens with one attached hydrogen (secondary N) is 1. The number of hydrogen-bond acceptors (Lipinski definition) is 5. The molecule has 6 nitrogen and oxygen atoms in total. The van der Waals surface area contributed by atoms with Gasteiger partial charge in [-0.05, 0) is 55.6 Å². The first-order valence-corrected chi connectivity index (χ1v) is 9.10. The summed E-state index contributed by atoms with van der Waals surface area (Å²) in [7, 11) is 0. The van der Waals surface area contributed by atoms with Gasteiger partial charge >= 0.3 is 6.09 Å². The Morgan fingerprint density at radius 2 is 2.17 bits per heavy atom. The number of thiophene rings is 1. The van der Waals surface area contributed by atoms with Crippen LogP contribution in [0.2, 0.25) is 0 Å². The lowest BCUT2D eigenvalue weighted by atomic mass is 10.1. The molecule has 0 bridgehead atoms. The van der Waals surface area contributed by atoms with Crippen LogP contribution in [0.15, 0.2) is 9.85 Å². The highest BCUT2D eigenvalue weighted by atomic mass is 79.9. The molecular weight excluding hydrogens is 382 g/mol. The van der Waals surface area contributed by atoms with Crippen LogP contribution in [-0.4, -0.2) is 41.6 Å². The van der Waals surface area contributed by atoms with Gasteiger partial charge in [-0.2, -0.15) is 0 Å². The molecule has 2 heterocycles. The lowest BCUT2D eigenvalue weighted by molar-refractivity contribution is 0.0186. The van der Waals surface area contributed by atoms with Gasteiger partial charge in [-0.15, -0.1) is 11.3 Å². The van der Waals surface area contributed by atoms with E-state index in [4.69, 9.17) is 10.5 Å². The second-order valence-electron chi connectivity index (χ2n) is 6.57. The number of rotatable bonds is 2. The molecule has 1 aliphatic rings. The van der Waals surface area contributed by atoms with Gasteiger partial charge in [0.1, 0.15) is 10.5 Å². The average molecular weight is 404 g/mol. The number of halogens is 1. The quantitative estimate of drug-likeness (QED) is 0.793. The number of nitrogens with zero attached hydrogens (tertiary/aromatic N) is 1. The SMILES string of the molecule is CC(C)(C)OC(=O)N1CCCC(NC(=O)c2sc(Br)cc2N)C1. The van der Waals surface area contributed by atoms with Gasteiger partial charge in [0.25, 0.3) is 5.91 Å². The van der Waals surface area contributed by atoms with Gasteiger partial charge < -0.3 is 20.7 Å². The van der Waals surface area contributed by atoms with Crippen LogP contribution in [0.1, 0.15) is 43.3 Å². The molecule has 1 saturated heterocycles. The Balaban J connectivity index is 1.95. The maximum atomic E-state index is 12.3. The molecule has 0 radical (unpaired) electrons. The van der Waals surface area contributed by atoms with Crippen LogP contribution >= 0.6 is 27.3 Å². The number of anilines is 1. The van der Waals surface area contributed by atoms with Crippen molar-refractivity contribution in [2.24, 2.45) is 0 Å². The Morgan fingerprint density at radius 3 is 2.74 bits per heavy atom. The highest BCUT2D eigenvalue weighted by Crippen LogP contribution is 2.29. The first-order valence-electron chi connectivity index (χ1n) is 7.49. The topological polar surface area (TPSA) is 84.7 Å². The third-order valence-electron chi connectivity index (χ3n) is 3.35. The van der Waals surface area contributed by atoms with Gasteiger partial charge in [0.05, 0.1) is 9.47 Å². The molecule has 23 heavy (non-hydrogen) atoms. The summed E-state index contributed by atoms with van der Waals surface area (Å²) in [6.45, 7) is 6.61. The van der Waals surface area contributed by atoms with Gasteiger partial charge in [-0.1, -0.05) is 0 Å². The van der Waals surface area contributed by atoms with E-state index < -0.39 is 5.60 Å². The third-order valence-corrected chi connectivity index (χ3v) is 5.00. The van der Waals surface area contributed by atoms with E-state index >= 15 is 0 Å². The molecule has 1 aliphatic heterocycles. The van der Waals surface area contributed by atoms with E-state index in [1.807, 2.05) is 20.8 Å². The first kappa shape index (κ1) is 18.1. The van der Waals surface area contributed by atoms with Crippen molar-refractivity contribution in [1.82, 2.24) is 10.2 Å². The summed E-state index contributed by atoms with van der Waals surface area (Å²) in [6.07, 6.45) is 1.32. The van der Waals surface area contributed by atoms with Gasteiger partial charge in [0.15, 0.2) is 0 Å². The Kier molecular flexibility index (Phi) is 5.57. The first-order chi connectivity index (χ1) is 10.7. The summed E-state index contributed by atoms with van der Waals surface area (Å²) < 4.78 is 6.21. The summed E-state index contributed by atoms with van der Waals surface area (Å²) in [5.74, 6) is -0.200. The Morgan fingerprint density at radius 1 is 1.48 bits per heavy atom. The maximum Gasteiger partial charge on any atom is 0.410 e. The highest BCUT2D eigenvalue weighted by Gasteiger charge is 2.29. The lowest BCUT2D eigenvalue weighted by Gasteiger charge is -2.34. The maximum absolute atomic E-state index is 12.3. The molecule has 3 N–H and O–H groups in total. The number of ether oxygens (including phenoxy) is 1. The number of hydrogen-bond donors (Lipinski definition) is 2. The van der Waals surface area contributed by atoms with Crippen molar-refractivity contribution in [1.29, 1.82) is 0 Å². The zero-order valence-electron chi connectivity index (χ0n) is 13.5. The normalized spacial score (nSPS) is 18.6. The molecule has 1 unspecified atom stereocenters. The van der Waals surface area contributed by atoms with Gasteiger partial charge in [0, 0.05) is 19.1 Å². The van der Waals surface area contributed by atoms with Crippen LogP contribution in [0.25, 0.3) is 0 Å². The molecule has 2 amide bonds. The molecule has 0 aliphatic carbocycles. The minimum atomic E-state index is -0.523. The number of carbonyl (C=O) groups is 2. The molecule has 1 aromatic heterocycles. The average Bonchev–Trinajstić information content (AvgIpc) is 2.76. The number of carbonyl (C=O) groups excluding carboxylic acids is 2. The van der Waals surface area contributed by atoms with Crippen LogP contribution in [0.5, 0.6) is 0 Å². The lowest BCUT2D eigenvalue weighted by Crippen LogP contribution is -2.50. The monoisotopic (exact) mass is 403 g/mol. The second-order valence-corrected chi connectivity index (χ2v) is 9.01. The minimum absolute atomic E-state index is 0.0935. The Hall–Kier alpha value is -1.28. The van der Waals surface area contributed by atoms with Crippen molar-refractivity contribution < 1.29 is 14.3 Å². The van der Waals surface area contributed by atoms with E-state index in [0.717, 1.165) is 16.6 Å². The fourth-order valence-corrected chi connectivity index (χ4v) is 3.83. The standard InChI is InChI=1S/C15H22BrN3O3S/c1-15(2,3)22-14(21)19-6-4-5-9(8-19)18-13(20)12-10(17)7-11(16)23-12/h7,9H,4-6,8,17H2,1-3H3,(H,18,20). The summed E-state index contributed by atoms with van der Waals surface area (Å²) in [4.78, 5) is 26.6. The van der Waals surface area contributed by atoms with Crippen molar-refractivity contribution in [2.75, 3.05) is 18.8 Å². The van der Waals surface area contributed by atoms with Crippen molar-refractivity contribution in [3.8, 4) is 0 Å². The molecule has 0 aromatic carbocycles. The van der Waals surface area contributed by atoms with E-state index in [1.54, 1.807) is 11.0 Å². The Bertz CT molecular complexity index is 597. The minimum Gasteiger partial charge on any atom is -0.444 e. The highest BCUT2D eigenvalue weighted by molar-refractivity contribution is 9.11. The summed E-state index contributed by atoms with van der Waals surface area (Å²) in [5, 5.41) is 2.96. The van der Waals surface area contributed by atoms with Gasteiger partial charge in [-0.3, -0.25) is 4.79 Å². The van der Waals surface area contributed by atoms with Crippen LogP contribution in [0, 0.1) is 0 Å². The van der Waals surface area contributed by atoms with Gasteiger partial charge in [0.2, 0.25) is 0 Å². The summed E-state index contributed by atoms with van der Waals surface area (Å²) >= 11 is 4.62. The number of amides is 2. The second kappa shape index (κ2) is 7.09. The van der Waals surface area contributed by atoms with Crippen LogP contribution in [-0.2, 0) is 4.74 Å². The van der Waals surface area contributed by atoms with Crippen LogP contribution < -0.4 is 11.1 Å². The summed E-state index contributed by atoms with van der Waals surface area (Å²) in [6, 6.07) is 1.62. The Labute approximate surface area is 148 Å². The molecule has 1 aromatic rings. The number of nitrogens with two attached hydrogens (primary N) is 1. The van der Waals surface area contributed by atoms with E-state index in [-0.39, 0.29) is 18.0 Å². The zero-order valence-corrected chi connectivity index (χ0v) is 15.9. The molecule has 1 fully saturated rings. The molecule has 1 atom stereocenters. The molecule has 128 valence electrons. The van der Waals surface area contributed by atoms with Crippen molar-refractivity contribution in [3.63, 3.8) is 0 Å². The summed E-state index contributed by atoms with van der Waals surface area (Å²) in [5.41, 5.74) is 5.76. The van der Waals surface area contributed by atoms with E-state index in [1.165, 1.54) is 11.3 Å². The van der Waals surface area contributed by atoms with E-state index in [9.17, 15) is 9.59 Å². The molecular formula is C15H22BrN3O3S. The van der Waals surface area contributed by atoms with Crippen LogP contribution in [0.4, 0.5) is 10.5 Å². The molecule has 2 rings (SSSR count). The molecule has 8 heteroatoms. The predicted molar refractivity (Wildman–Crippen MR) is 94.7 cm³/mol. The van der Waals surface area contributed by atoms with Crippen molar-refractivity contribution >= 4 is 45.0 Å². The van der Waals surface area contributed by atoms with E-state index in [2.05, 4.69) is 21.2 Å². The zero-order chi connectivity index (χ0) is 17.2. The number of likely N-dealkylation sites (tertiary alicyclic amines) is 1. The van der Waals surface area contributed by atoms with Crippen molar-refractivity contribution in [2.45, 2.75) is 45.3 Å².